The minimum absolute atomic E-state index is 0.000318. The van der Waals surface area contributed by atoms with Crippen LogP contribution in [0.25, 0.3) is 0 Å². The number of nitrogens with one attached hydrogen (secondary N) is 2. The Bertz CT molecular complexity index is 213. The van der Waals surface area contributed by atoms with E-state index in [1.165, 1.54) is 0 Å². The lowest BCUT2D eigenvalue weighted by Crippen LogP contribution is -2.37. The summed E-state index contributed by atoms with van der Waals surface area (Å²) in [6.07, 6.45) is 0.819. The first-order valence-electron chi connectivity index (χ1n) is 6.19. The quantitative estimate of drug-likeness (QED) is 0.706. The first-order chi connectivity index (χ1) is 7.59. The molecule has 1 aliphatic heterocycles. The van der Waals surface area contributed by atoms with Crippen LogP contribution in [0, 0.1) is 11.8 Å². The van der Waals surface area contributed by atoms with Gasteiger partial charge in [-0.2, -0.15) is 0 Å². The van der Waals surface area contributed by atoms with Crippen molar-refractivity contribution in [3.63, 3.8) is 0 Å². The molecule has 2 unspecified atom stereocenters. The molecule has 0 aromatic carbocycles. The minimum Gasteiger partial charge on any atom is -0.368 e. The summed E-state index contributed by atoms with van der Waals surface area (Å²) in [5, 5.41) is 6.16. The summed E-state index contributed by atoms with van der Waals surface area (Å²) in [4.78, 5) is 11.6. The van der Waals surface area contributed by atoms with Crippen LogP contribution in [0.2, 0.25) is 0 Å². The van der Waals surface area contributed by atoms with Gasteiger partial charge in [0.05, 0.1) is 6.61 Å². The number of rotatable bonds is 6. The van der Waals surface area contributed by atoms with Crippen molar-refractivity contribution >= 4 is 5.91 Å². The summed E-state index contributed by atoms with van der Waals surface area (Å²) < 4.78 is 5.57. The highest BCUT2D eigenvalue weighted by molar-refractivity contribution is 5.80. The zero-order valence-electron chi connectivity index (χ0n) is 10.6. The van der Waals surface area contributed by atoms with Crippen LogP contribution in [0.5, 0.6) is 0 Å². The van der Waals surface area contributed by atoms with Crippen LogP contribution in [0.3, 0.4) is 0 Å². The second kappa shape index (κ2) is 6.86. The van der Waals surface area contributed by atoms with Gasteiger partial charge < -0.3 is 15.4 Å². The van der Waals surface area contributed by atoms with Crippen LogP contribution in [-0.4, -0.2) is 38.3 Å². The van der Waals surface area contributed by atoms with Crippen molar-refractivity contribution < 1.29 is 9.53 Å². The molecule has 0 spiro atoms. The first kappa shape index (κ1) is 13.5. The van der Waals surface area contributed by atoms with E-state index < -0.39 is 0 Å². The molecule has 0 saturated carbocycles. The minimum atomic E-state index is -0.334. The Kier molecular flexibility index (Phi) is 5.77. The van der Waals surface area contributed by atoms with Crippen LogP contribution in [-0.2, 0) is 9.53 Å². The molecule has 0 bridgehead atoms. The highest BCUT2D eigenvalue weighted by Crippen LogP contribution is 2.08. The van der Waals surface area contributed by atoms with Crippen LogP contribution < -0.4 is 10.6 Å². The lowest BCUT2D eigenvalue weighted by molar-refractivity contribution is -0.132. The van der Waals surface area contributed by atoms with Gasteiger partial charge in [0.2, 0.25) is 5.91 Å². The number of amides is 1. The van der Waals surface area contributed by atoms with Crippen molar-refractivity contribution in [3.05, 3.63) is 0 Å². The molecular weight excluding hydrogens is 204 g/mol. The van der Waals surface area contributed by atoms with Crippen LogP contribution in [0.15, 0.2) is 0 Å². The van der Waals surface area contributed by atoms with Gasteiger partial charge in [-0.25, -0.2) is 0 Å². The molecule has 4 heteroatoms. The maximum atomic E-state index is 11.6. The molecule has 2 N–H and O–H groups in total. The highest BCUT2D eigenvalue weighted by atomic mass is 16.5. The zero-order valence-corrected chi connectivity index (χ0v) is 10.6. The Balaban J connectivity index is 2.12. The van der Waals surface area contributed by atoms with E-state index in [0.717, 1.165) is 26.1 Å². The van der Waals surface area contributed by atoms with Gasteiger partial charge in [-0.15, -0.1) is 0 Å². The van der Waals surface area contributed by atoms with Crippen molar-refractivity contribution in [2.45, 2.75) is 33.3 Å². The second-order valence-corrected chi connectivity index (χ2v) is 4.97. The molecule has 1 fully saturated rings. The Morgan fingerprint density at radius 2 is 2.25 bits per heavy atom. The molecule has 1 heterocycles. The molecule has 1 aliphatic rings. The average molecular weight is 228 g/mol. The first-order valence-corrected chi connectivity index (χ1v) is 6.19. The van der Waals surface area contributed by atoms with Gasteiger partial charge >= 0.3 is 0 Å². The van der Waals surface area contributed by atoms with Gasteiger partial charge in [-0.1, -0.05) is 13.8 Å². The molecule has 0 radical (unpaired) electrons. The smallest absolute Gasteiger partial charge is 0.248 e. The molecule has 16 heavy (non-hydrogen) atoms. The fourth-order valence-electron chi connectivity index (χ4n) is 1.66. The summed E-state index contributed by atoms with van der Waals surface area (Å²) in [6.45, 7) is 9.47. The summed E-state index contributed by atoms with van der Waals surface area (Å²) in [5.74, 6) is 1.05. The van der Waals surface area contributed by atoms with E-state index in [0.29, 0.717) is 18.4 Å². The molecule has 2 atom stereocenters. The van der Waals surface area contributed by atoms with Gasteiger partial charge in [-0.05, 0) is 31.7 Å². The van der Waals surface area contributed by atoms with E-state index in [1.54, 1.807) is 0 Å². The summed E-state index contributed by atoms with van der Waals surface area (Å²) >= 11 is 0. The third kappa shape index (κ3) is 4.94. The van der Waals surface area contributed by atoms with Crippen LogP contribution in [0.1, 0.15) is 27.2 Å². The third-order valence-corrected chi connectivity index (χ3v) is 2.80. The van der Waals surface area contributed by atoms with E-state index in [-0.39, 0.29) is 12.0 Å². The Morgan fingerprint density at radius 1 is 1.50 bits per heavy atom. The molecular formula is C12H24N2O2. The lowest BCUT2D eigenvalue weighted by atomic mass is 10.1. The molecule has 0 aliphatic carbocycles. The van der Waals surface area contributed by atoms with Crippen molar-refractivity contribution in [1.29, 1.82) is 0 Å². The molecule has 1 saturated heterocycles. The van der Waals surface area contributed by atoms with Gasteiger partial charge in [0, 0.05) is 13.1 Å². The highest BCUT2D eigenvalue weighted by Gasteiger charge is 2.18. The SMILES string of the molecule is CC(C)CNC(=O)C(C)OCC1CCNC1. The maximum absolute atomic E-state index is 11.6. The topological polar surface area (TPSA) is 50.4 Å². The van der Waals surface area contributed by atoms with Gasteiger partial charge in [0.1, 0.15) is 6.10 Å². The molecule has 0 aromatic rings. The van der Waals surface area contributed by atoms with Crippen molar-refractivity contribution in [2.75, 3.05) is 26.2 Å². The molecule has 1 rings (SSSR count). The Morgan fingerprint density at radius 3 is 2.81 bits per heavy atom. The number of hydrogen-bond acceptors (Lipinski definition) is 3. The number of ether oxygens (including phenoxy) is 1. The third-order valence-electron chi connectivity index (χ3n) is 2.80. The molecule has 4 nitrogen and oxygen atoms in total. The van der Waals surface area contributed by atoms with E-state index in [2.05, 4.69) is 24.5 Å². The summed E-state index contributed by atoms with van der Waals surface area (Å²) in [6, 6.07) is 0. The van der Waals surface area contributed by atoms with Gasteiger partial charge in [-0.3, -0.25) is 4.79 Å². The fraction of sp³-hybridized carbons (Fsp3) is 0.917. The number of hydrogen-bond donors (Lipinski definition) is 2. The predicted octanol–water partition coefficient (Wildman–Crippen LogP) is 0.773. The van der Waals surface area contributed by atoms with Crippen molar-refractivity contribution in [3.8, 4) is 0 Å². The van der Waals surface area contributed by atoms with Gasteiger partial charge in [0.25, 0.3) is 0 Å². The fourth-order valence-corrected chi connectivity index (χ4v) is 1.66. The van der Waals surface area contributed by atoms with Gasteiger partial charge in [0.15, 0.2) is 0 Å². The maximum Gasteiger partial charge on any atom is 0.248 e. The van der Waals surface area contributed by atoms with Crippen molar-refractivity contribution in [2.24, 2.45) is 11.8 Å². The normalized spacial score (nSPS) is 22.4. The van der Waals surface area contributed by atoms with Crippen LogP contribution in [0.4, 0.5) is 0 Å². The Labute approximate surface area is 98.1 Å². The van der Waals surface area contributed by atoms with E-state index in [4.69, 9.17) is 4.74 Å². The standard InChI is InChI=1S/C12H24N2O2/c1-9(2)6-14-12(15)10(3)16-8-11-4-5-13-7-11/h9-11,13H,4-8H2,1-3H3,(H,14,15). The largest absolute Gasteiger partial charge is 0.368 e. The van der Waals surface area contributed by atoms with Crippen molar-refractivity contribution in [1.82, 2.24) is 10.6 Å². The molecule has 94 valence electrons. The van der Waals surface area contributed by atoms with E-state index in [1.807, 2.05) is 6.92 Å². The van der Waals surface area contributed by atoms with Crippen LogP contribution >= 0.6 is 0 Å². The van der Waals surface area contributed by atoms with E-state index >= 15 is 0 Å². The summed E-state index contributed by atoms with van der Waals surface area (Å²) in [7, 11) is 0. The zero-order chi connectivity index (χ0) is 12.0. The van der Waals surface area contributed by atoms with E-state index in [9.17, 15) is 4.79 Å². The monoisotopic (exact) mass is 228 g/mol. The molecule has 1 amide bonds. The predicted molar refractivity (Wildman–Crippen MR) is 64.2 cm³/mol. The summed E-state index contributed by atoms with van der Waals surface area (Å²) in [5.41, 5.74) is 0. The lowest BCUT2D eigenvalue weighted by Gasteiger charge is -2.16. The number of carbonyl (C=O) groups excluding carboxylic acids is 1. The Hall–Kier alpha value is -0.610. The average Bonchev–Trinajstić information content (AvgIpc) is 2.75. The number of carbonyl (C=O) groups is 1. The molecule has 0 aromatic heterocycles. The second-order valence-electron chi connectivity index (χ2n) is 4.97.